The number of nitrogens with zero attached hydrogens (tertiary/aromatic N) is 5. The van der Waals surface area contributed by atoms with Crippen molar-refractivity contribution in [2.45, 2.75) is 103 Å². The molecule has 0 aliphatic carbocycles. The van der Waals surface area contributed by atoms with Crippen LogP contribution in [0.3, 0.4) is 0 Å². The van der Waals surface area contributed by atoms with Gasteiger partial charge in [0.15, 0.2) is 0 Å². The van der Waals surface area contributed by atoms with Crippen molar-refractivity contribution < 1.29 is 46.9 Å². The number of pyridine rings is 1. The number of benzene rings is 3. The van der Waals surface area contributed by atoms with Crippen LogP contribution < -0.4 is 20.8 Å². The lowest BCUT2D eigenvalue weighted by molar-refractivity contribution is -0.155. The van der Waals surface area contributed by atoms with E-state index in [2.05, 4.69) is 58.5 Å². The number of carbonyl (C=O) groups excluding carboxylic acids is 4. The first kappa shape index (κ1) is 52.9. The highest BCUT2D eigenvalue weighted by Crippen LogP contribution is 2.42. The van der Waals surface area contributed by atoms with Gasteiger partial charge in [-0.05, 0) is 108 Å². The van der Waals surface area contributed by atoms with E-state index in [4.69, 9.17) is 14.2 Å². The highest BCUT2D eigenvalue weighted by Gasteiger charge is 2.50. The lowest BCUT2D eigenvalue weighted by Crippen LogP contribution is -2.62. The number of cyclic esters (lactones) is 1. The molecule has 5 atom stereocenters. The number of aromatic nitrogens is 2. The fourth-order valence-corrected chi connectivity index (χ4v) is 11.8. The van der Waals surface area contributed by atoms with Gasteiger partial charge >= 0.3 is 5.97 Å². The fraction of sp³-hybridized carbons (Fsp3) is 0.463. The largest absolute Gasteiger partial charge is 0.508 e. The van der Waals surface area contributed by atoms with Gasteiger partial charge in [0.2, 0.25) is 21.8 Å². The Kier molecular flexibility index (Phi) is 15.7. The monoisotopic (exact) mass is 1020 g/mol. The Morgan fingerprint density at radius 2 is 1.78 bits per heavy atom. The first-order chi connectivity index (χ1) is 34.7. The standard InChI is InChI=1S/C54H68N8O10S/c1-10-61-45-18-15-35-26-40(45)41(49(61)42-28-55-20-19-36(42)30-70-8)27-54(4,5)31-72-53(67)43-12-11-21-62(58-43)52(66)44(24-33-22-37(35)25-38(63)23-33)56-50(65)48(32(2)3)60(7)46(64)29-59(6)73(68,69)51-47(57-51)34-13-16-39(71-9)17-14-34/h13-20,22-23,25-26,28,32,43-44,47-48,51,57-58,63H,10-12,21,24,27,29-31H2,1-9H3,(H,56,65)/t43-,44-,47+,48-,51+/m0/s1. The summed E-state index contributed by atoms with van der Waals surface area (Å²) in [6.45, 7) is 10.5. The predicted molar refractivity (Wildman–Crippen MR) is 276 cm³/mol. The summed E-state index contributed by atoms with van der Waals surface area (Å²) in [4.78, 5) is 63.1. The molecule has 4 N–H and O–H groups in total. The zero-order chi connectivity index (χ0) is 52.5. The molecular weight excluding hydrogens is 953 g/mol. The SMILES string of the molecule is CCn1c(-c2cnccc2COC)c2c3cc(ccc31)-c1cc(O)cc(c1)C[C@H](NC(=O)[C@H](C(C)C)N(C)C(=O)CN(C)S(=O)(=O)[C@H]1N[C@@H]1c1ccc(OC)cc1)C(=O)N1CCC[C@H](N1)C(=O)OCC(C)(C)C2. The number of nitrogens with one attached hydrogen (secondary N) is 3. The van der Waals surface area contributed by atoms with Gasteiger partial charge in [-0.1, -0.05) is 52.0 Å². The van der Waals surface area contributed by atoms with E-state index in [0.29, 0.717) is 49.3 Å². The molecule has 18 nitrogen and oxygen atoms in total. The van der Waals surface area contributed by atoms with Crippen molar-refractivity contribution in [1.29, 1.82) is 0 Å². The van der Waals surface area contributed by atoms with Gasteiger partial charge in [0.05, 0.1) is 38.6 Å². The number of phenolic OH excluding ortho intramolecular Hbond substituents is 1. The number of fused-ring (bicyclic) bond motifs is 6. The highest BCUT2D eigenvalue weighted by molar-refractivity contribution is 7.90. The third-order valence-electron chi connectivity index (χ3n) is 14.1. The normalized spacial score (nSPS) is 20.6. The molecule has 73 heavy (non-hydrogen) atoms. The van der Waals surface area contributed by atoms with Crippen molar-refractivity contribution in [2.24, 2.45) is 11.3 Å². The Morgan fingerprint density at radius 1 is 1.03 bits per heavy atom. The molecule has 5 heterocycles. The van der Waals surface area contributed by atoms with Gasteiger partial charge in [-0.2, -0.15) is 4.31 Å². The van der Waals surface area contributed by atoms with Gasteiger partial charge in [0.25, 0.3) is 5.91 Å². The molecule has 390 valence electrons. The van der Waals surface area contributed by atoms with Crippen LogP contribution in [0.5, 0.6) is 11.5 Å². The van der Waals surface area contributed by atoms with Crippen LogP contribution in [-0.4, -0.2) is 132 Å². The molecule has 2 saturated heterocycles. The number of hydrazine groups is 1. The number of hydrogen-bond donors (Lipinski definition) is 4. The van der Waals surface area contributed by atoms with E-state index >= 15 is 0 Å². The Morgan fingerprint density at radius 3 is 2.48 bits per heavy atom. The van der Waals surface area contributed by atoms with E-state index in [1.807, 2.05) is 24.4 Å². The third kappa shape index (κ3) is 11.3. The van der Waals surface area contributed by atoms with Gasteiger partial charge in [0.1, 0.15) is 35.0 Å². The van der Waals surface area contributed by atoms with E-state index in [9.17, 15) is 32.7 Å². The molecule has 0 radical (unpaired) electrons. The first-order valence-corrected chi connectivity index (χ1v) is 26.3. The molecule has 0 spiro atoms. The molecule has 5 aromatic rings. The predicted octanol–water partition coefficient (Wildman–Crippen LogP) is 5.31. The molecule has 8 rings (SSSR count). The van der Waals surface area contributed by atoms with E-state index < -0.39 is 81.1 Å². The number of aromatic hydroxyl groups is 1. The summed E-state index contributed by atoms with van der Waals surface area (Å²) in [7, 11) is 1.97. The minimum atomic E-state index is -4.00. The van der Waals surface area contributed by atoms with Crippen LogP contribution in [0.2, 0.25) is 0 Å². The summed E-state index contributed by atoms with van der Waals surface area (Å²) in [5.74, 6) is -2.22. The van der Waals surface area contributed by atoms with Crippen LogP contribution in [0, 0.1) is 11.3 Å². The van der Waals surface area contributed by atoms with Crippen LogP contribution >= 0.6 is 0 Å². The summed E-state index contributed by atoms with van der Waals surface area (Å²) in [6.07, 6.45) is 4.93. The summed E-state index contributed by atoms with van der Waals surface area (Å²) < 4.78 is 47.6. The van der Waals surface area contributed by atoms with Crippen LogP contribution in [0.25, 0.3) is 33.3 Å². The quantitative estimate of drug-likeness (QED) is 0.0819. The van der Waals surface area contributed by atoms with Crippen LogP contribution in [0.15, 0.2) is 79.1 Å². The maximum Gasteiger partial charge on any atom is 0.324 e. The van der Waals surface area contributed by atoms with Crippen molar-refractivity contribution in [3.05, 3.63) is 101 Å². The number of carbonyl (C=O) groups is 4. The number of methoxy groups -OCH3 is 2. The van der Waals surface area contributed by atoms with Crippen molar-refractivity contribution in [3.8, 4) is 33.9 Å². The van der Waals surface area contributed by atoms with E-state index in [-0.39, 0.29) is 25.3 Å². The van der Waals surface area contributed by atoms with Crippen LogP contribution in [-0.2, 0) is 64.7 Å². The molecule has 0 unspecified atom stereocenters. The second-order valence-electron chi connectivity index (χ2n) is 20.5. The molecule has 19 heteroatoms. The maximum absolute atomic E-state index is 14.8. The van der Waals surface area contributed by atoms with E-state index in [0.717, 1.165) is 48.7 Å². The van der Waals surface area contributed by atoms with Gasteiger partial charge in [-0.15, -0.1) is 0 Å². The molecule has 2 aromatic heterocycles. The number of rotatable bonds is 14. The van der Waals surface area contributed by atoms with Crippen LogP contribution in [0.1, 0.15) is 75.8 Å². The Bertz CT molecular complexity index is 2990. The molecule has 3 aliphatic rings. The van der Waals surface area contributed by atoms with Crippen molar-refractivity contribution in [2.75, 3.05) is 48.0 Å². The second-order valence-corrected chi connectivity index (χ2v) is 22.7. The number of hydrogen-bond acceptors (Lipinski definition) is 13. The lowest BCUT2D eigenvalue weighted by atomic mass is 9.84. The Hall–Kier alpha value is -6.38. The molecule has 6 bridgehead atoms. The maximum atomic E-state index is 14.8. The van der Waals surface area contributed by atoms with E-state index in [1.54, 1.807) is 70.7 Å². The van der Waals surface area contributed by atoms with Gasteiger partial charge in [-0.3, -0.25) is 34.5 Å². The first-order valence-electron chi connectivity index (χ1n) is 24.8. The highest BCUT2D eigenvalue weighted by atomic mass is 32.2. The minimum Gasteiger partial charge on any atom is -0.508 e. The second kappa shape index (κ2) is 21.6. The Labute approximate surface area is 427 Å². The zero-order valence-corrected chi connectivity index (χ0v) is 43.9. The number of sulfonamides is 1. The van der Waals surface area contributed by atoms with Crippen LogP contribution in [0.4, 0.5) is 0 Å². The molecule has 2 fully saturated rings. The molecule has 3 aliphatic heterocycles. The number of ether oxygens (including phenoxy) is 3. The summed E-state index contributed by atoms with van der Waals surface area (Å²) in [5, 5.41) is 18.7. The average molecular weight is 1020 g/mol. The molecular formula is C54H68N8O10S. The smallest absolute Gasteiger partial charge is 0.324 e. The van der Waals surface area contributed by atoms with Crippen molar-refractivity contribution >= 4 is 44.6 Å². The molecule has 0 saturated carbocycles. The topological polar surface area (TPSA) is 224 Å². The summed E-state index contributed by atoms with van der Waals surface area (Å²) in [6, 6.07) is 16.6. The summed E-state index contributed by atoms with van der Waals surface area (Å²) >= 11 is 0. The van der Waals surface area contributed by atoms with Gasteiger partial charge in [0, 0.05) is 75.0 Å². The zero-order valence-electron chi connectivity index (χ0n) is 43.1. The average Bonchev–Trinajstić information content (AvgIpc) is 4.13. The lowest BCUT2D eigenvalue weighted by Gasteiger charge is -2.37. The number of aryl methyl sites for hydroxylation is 1. The number of likely N-dealkylation sites (N-methyl/N-ethyl adjacent to an activating group) is 2. The Balaban J connectivity index is 1.12. The number of amides is 3. The van der Waals surface area contributed by atoms with Gasteiger partial charge in [-0.25, -0.2) is 13.8 Å². The number of esters is 1. The van der Waals surface area contributed by atoms with Crippen molar-refractivity contribution in [3.63, 3.8) is 0 Å². The summed E-state index contributed by atoms with van der Waals surface area (Å²) in [5.41, 5.74) is 10.2. The molecule has 3 amide bonds. The number of phenols is 1. The van der Waals surface area contributed by atoms with Crippen molar-refractivity contribution in [1.82, 2.24) is 39.8 Å². The van der Waals surface area contributed by atoms with E-state index in [1.165, 1.54) is 24.0 Å². The fourth-order valence-electron chi connectivity index (χ4n) is 10.3. The third-order valence-corrected chi connectivity index (χ3v) is 16.2. The molecule has 3 aromatic carbocycles. The minimum absolute atomic E-state index is 0.0487. The van der Waals surface area contributed by atoms with Gasteiger partial charge < -0.3 is 34.1 Å².